The zero-order valence-electron chi connectivity index (χ0n) is 10.7. The Hall–Kier alpha value is -1.78. The molecule has 5 nitrogen and oxygen atoms in total. The van der Waals surface area contributed by atoms with Gasteiger partial charge in [-0.05, 0) is 39.3 Å². The lowest BCUT2D eigenvalue weighted by atomic mass is 10.2. The number of esters is 1. The van der Waals surface area contributed by atoms with Crippen molar-refractivity contribution in [2.75, 3.05) is 17.6 Å². The van der Waals surface area contributed by atoms with Crippen molar-refractivity contribution in [3.63, 3.8) is 0 Å². The van der Waals surface area contributed by atoms with Crippen molar-refractivity contribution in [3.05, 3.63) is 17.8 Å². The highest BCUT2D eigenvalue weighted by Gasteiger charge is 2.16. The molecule has 0 aromatic carbocycles. The summed E-state index contributed by atoms with van der Waals surface area (Å²) in [6.45, 7) is 7.41. The molecule has 0 aliphatic carbocycles. The molecule has 0 amide bonds. The van der Waals surface area contributed by atoms with E-state index in [4.69, 9.17) is 10.5 Å². The van der Waals surface area contributed by atoms with Crippen LogP contribution in [0.25, 0.3) is 0 Å². The van der Waals surface area contributed by atoms with Crippen LogP contribution in [0, 0.1) is 6.92 Å². The van der Waals surface area contributed by atoms with Crippen LogP contribution in [0.5, 0.6) is 0 Å². The molecule has 1 aromatic rings. The van der Waals surface area contributed by atoms with Gasteiger partial charge in [-0.25, -0.2) is 4.98 Å². The van der Waals surface area contributed by atoms with E-state index in [0.717, 1.165) is 5.56 Å². The number of hydrogen-bond donors (Lipinski definition) is 2. The molecule has 1 rings (SSSR count). The number of nitrogens with zero attached hydrogens (tertiary/aromatic N) is 1. The number of ether oxygens (including phenoxy) is 1. The Kier molecular flexibility index (Phi) is 3.93. The number of nitrogen functional groups attached to an aromatic ring is 1. The van der Waals surface area contributed by atoms with E-state index >= 15 is 0 Å². The van der Waals surface area contributed by atoms with Gasteiger partial charge in [-0.15, -0.1) is 0 Å². The molecular formula is C12H19N3O2. The smallest absolute Gasteiger partial charge is 0.325 e. The van der Waals surface area contributed by atoms with E-state index in [1.54, 1.807) is 6.20 Å². The molecule has 0 radical (unpaired) electrons. The largest absolute Gasteiger partial charge is 0.459 e. The Labute approximate surface area is 101 Å². The number of carbonyl (C=O) groups is 1. The van der Waals surface area contributed by atoms with Gasteiger partial charge >= 0.3 is 5.97 Å². The quantitative estimate of drug-likeness (QED) is 0.783. The Morgan fingerprint density at radius 3 is 2.76 bits per heavy atom. The third-order valence-corrected chi connectivity index (χ3v) is 2.03. The van der Waals surface area contributed by atoms with Crippen molar-refractivity contribution in [1.82, 2.24) is 4.98 Å². The fraction of sp³-hybridized carbons (Fsp3) is 0.500. The molecule has 0 unspecified atom stereocenters. The van der Waals surface area contributed by atoms with Gasteiger partial charge in [0.2, 0.25) is 0 Å². The van der Waals surface area contributed by atoms with Gasteiger partial charge in [-0.2, -0.15) is 0 Å². The van der Waals surface area contributed by atoms with Gasteiger partial charge in [-0.1, -0.05) is 0 Å². The number of aryl methyl sites for hydroxylation is 1. The molecule has 0 fully saturated rings. The van der Waals surface area contributed by atoms with Crippen LogP contribution in [0.3, 0.4) is 0 Å². The molecule has 94 valence electrons. The average Bonchev–Trinajstić information content (AvgIpc) is 2.18. The van der Waals surface area contributed by atoms with Crippen molar-refractivity contribution in [3.8, 4) is 0 Å². The molecule has 0 atom stereocenters. The summed E-state index contributed by atoms with van der Waals surface area (Å²) in [5.74, 6) is 0.177. The molecule has 3 N–H and O–H groups in total. The minimum absolute atomic E-state index is 0.0535. The normalized spacial score (nSPS) is 11.1. The van der Waals surface area contributed by atoms with E-state index in [0.29, 0.717) is 11.5 Å². The van der Waals surface area contributed by atoms with Gasteiger partial charge in [0, 0.05) is 6.20 Å². The van der Waals surface area contributed by atoms with E-state index in [1.165, 1.54) is 0 Å². The fourth-order valence-corrected chi connectivity index (χ4v) is 1.24. The topological polar surface area (TPSA) is 77.2 Å². The number of rotatable bonds is 3. The number of nitrogens with two attached hydrogens (primary N) is 1. The Morgan fingerprint density at radius 1 is 1.53 bits per heavy atom. The van der Waals surface area contributed by atoms with Gasteiger partial charge < -0.3 is 15.8 Å². The molecule has 0 aliphatic rings. The van der Waals surface area contributed by atoms with E-state index in [-0.39, 0.29) is 12.5 Å². The molecular weight excluding hydrogens is 218 g/mol. The first-order valence-electron chi connectivity index (χ1n) is 5.46. The number of nitrogens with one attached hydrogen (secondary N) is 1. The summed E-state index contributed by atoms with van der Waals surface area (Å²) < 4.78 is 5.16. The SMILES string of the molecule is Cc1ccnc(NCC(=O)OC(C)(C)C)c1N. The first-order chi connectivity index (χ1) is 7.79. The monoisotopic (exact) mass is 237 g/mol. The van der Waals surface area contributed by atoms with Crippen LogP contribution < -0.4 is 11.1 Å². The van der Waals surface area contributed by atoms with Crippen molar-refractivity contribution in [2.24, 2.45) is 0 Å². The summed E-state index contributed by atoms with van der Waals surface area (Å²) in [5.41, 5.74) is 6.81. The standard InChI is InChI=1S/C12H19N3O2/c1-8-5-6-14-11(10(8)13)15-7-9(16)17-12(2,3)4/h5-6H,7,13H2,1-4H3,(H,14,15). The van der Waals surface area contributed by atoms with Crippen LogP contribution in [-0.4, -0.2) is 23.1 Å². The number of carbonyl (C=O) groups excluding carboxylic acids is 1. The first kappa shape index (κ1) is 13.3. The predicted octanol–water partition coefficient (Wildman–Crippen LogP) is 1.73. The van der Waals surface area contributed by atoms with E-state index in [2.05, 4.69) is 10.3 Å². The first-order valence-corrected chi connectivity index (χ1v) is 5.46. The Bertz CT molecular complexity index is 411. The third kappa shape index (κ3) is 4.30. The summed E-state index contributed by atoms with van der Waals surface area (Å²) in [7, 11) is 0. The molecule has 5 heteroatoms. The highest BCUT2D eigenvalue weighted by molar-refractivity contribution is 5.77. The summed E-state index contributed by atoms with van der Waals surface area (Å²) >= 11 is 0. The van der Waals surface area contributed by atoms with Crippen LogP contribution in [0.15, 0.2) is 12.3 Å². The van der Waals surface area contributed by atoms with E-state index in [1.807, 2.05) is 33.8 Å². The van der Waals surface area contributed by atoms with Gasteiger partial charge in [0.05, 0.1) is 5.69 Å². The Balaban J connectivity index is 2.56. The summed E-state index contributed by atoms with van der Waals surface area (Å²) in [5, 5.41) is 2.87. The summed E-state index contributed by atoms with van der Waals surface area (Å²) in [6.07, 6.45) is 1.64. The number of aromatic nitrogens is 1. The third-order valence-electron chi connectivity index (χ3n) is 2.03. The van der Waals surface area contributed by atoms with Crippen molar-refractivity contribution < 1.29 is 9.53 Å². The van der Waals surface area contributed by atoms with Crippen LogP contribution in [-0.2, 0) is 9.53 Å². The highest BCUT2D eigenvalue weighted by atomic mass is 16.6. The van der Waals surface area contributed by atoms with Crippen LogP contribution >= 0.6 is 0 Å². The maximum Gasteiger partial charge on any atom is 0.325 e. The zero-order chi connectivity index (χ0) is 13.1. The summed E-state index contributed by atoms with van der Waals surface area (Å²) in [4.78, 5) is 15.5. The van der Waals surface area contributed by atoms with E-state index < -0.39 is 5.60 Å². The number of hydrogen-bond acceptors (Lipinski definition) is 5. The molecule has 17 heavy (non-hydrogen) atoms. The second-order valence-electron chi connectivity index (χ2n) is 4.83. The lowest BCUT2D eigenvalue weighted by molar-refractivity contribution is -0.152. The van der Waals surface area contributed by atoms with Crippen molar-refractivity contribution >= 4 is 17.5 Å². The fourth-order valence-electron chi connectivity index (χ4n) is 1.24. The van der Waals surface area contributed by atoms with Crippen molar-refractivity contribution in [1.29, 1.82) is 0 Å². The molecule has 0 spiro atoms. The second-order valence-corrected chi connectivity index (χ2v) is 4.83. The molecule has 0 saturated carbocycles. The number of pyridine rings is 1. The maximum absolute atomic E-state index is 11.5. The molecule has 0 aliphatic heterocycles. The lowest BCUT2D eigenvalue weighted by Gasteiger charge is -2.19. The second kappa shape index (κ2) is 5.03. The number of anilines is 2. The molecule has 1 aromatic heterocycles. The van der Waals surface area contributed by atoms with Crippen LogP contribution in [0.2, 0.25) is 0 Å². The van der Waals surface area contributed by atoms with E-state index in [9.17, 15) is 4.79 Å². The zero-order valence-corrected chi connectivity index (χ0v) is 10.7. The summed E-state index contributed by atoms with van der Waals surface area (Å²) in [6, 6.07) is 1.81. The van der Waals surface area contributed by atoms with Crippen molar-refractivity contribution in [2.45, 2.75) is 33.3 Å². The predicted molar refractivity (Wildman–Crippen MR) is 67.7 cm³/mol. The minimum Gasteiger partial charge on any atom is -0.459 e. The molecule has 0 bridgehead atoms. The molecule has 1 heterocycles. The minimum atomic E-state index is -0.482. The average molecular weight is 237 g/mol. The maximum atomic E-state index is 11.5. The highest BCUT2D eigenvalue weighted by Crippen LogP contribution is 2.18. The Morgan fingerprint density at radius 2 is 2.18 bits per heavy atom. The van der Waals surface area contributed by atoms with Gasteiger partial charge in [-0.3, -0.25) is 4.79 Å². The lowest BCUT2D eigenvalue weighted by Crippen LogP contribution is -2.28. The van der Waals surface area contributed by atoms with Gasteiger partial charge in [0.1, 0.15) is 18.0 Å². The van der Waals surface area contributed by atoms with Crippen LogP contribution in [0.4, 0.5) is 11.5 Å². The van der Waals surface area contributed by atoms with Crippen LogP contribution in [0.1, 0.15) is 26.3 Å². The van der Waals surface area contributed by atoms with Gasteiger partial charge in [0.25, 0.3) is 0 Å². The molecule has 0 saturated heterocycles. The van der Waals surface area contributed by atoms with Gasteiger partial charge in [0.15, 0.2) is 0 Å².